The molecule has 0 saturated heterocycles. The van der Waals surface area contributed by atoms with E-state index in [4.69, 9.17) is 0 Å². The van der Waals surface area contributed by atoms with Crippen LogP contribution in [0.1, 0.15) is 25.0 Å². The molecular formula is C28H25NS. The third-order valence-electron chi connectivity index (χ3n) is 6.17. The predicted molar refractivity (Wildman–Crippen MR) is 132 cm³/mol. The molecule has 30 heavy (non-hydrogen) atoms. The van der Waals surface area contributed by atoms with Gasteiger partial charge in [-0.1, -0.05) is 80.6 Å². The zero-order chi connectivity index (χ0) is 20.7. The number of para-hydroxylation sites is 1. The first kappa shape index (κ1) is 19.0. The summed E-state index contributed by atoms with van der Waals surface area (Å²) in [5.74, 6) is 0. The Morgan fingerprint density at radius 1 is 0.600 bits per heavy atom. The number of rotatable bonds is 4. The molecule has 0 unspecified atom stereocenters. The Bertz CT molecular complexity index is 1200. The van der Waals surface area contributed by atoms with Gasteiger partial charge in [-0.15, -0.1) is 0 Å². The lowest BCUT2D eigenvalue weighted by molar-refractivity contribution is 0.661. The second kappa shape index (κ2) is 7.37. The Labute approximate surface area is 183 Å². The number of hydrogen-bond acceptors (Lipinski definition) is 2. The van der Waals surface area contributed by atoms with E-state index in [9.17, 15) is 0 Å². The van der Waals surface area contributed by atoms with E-state index in [1.165, 1.54) is 44.8 Å². The first-order valence-electron chi connectivity index (χ1n) is 10.3. The summed E-state index contributed by atoms with van der Waals surface area (Å²) in [5, 5.41) is 0. The molecule has 0 amide bonds. The maximum atomic E-state index is 2.38. The smallest absolute Gasteiger partial charge is 0.0528 e. The highest BCUT2D eigenvalue weighted by molar-refractivity contribution is 8.00. The lowest BCUT2D eigenvalue weighted by atomic mass is 9.81. The van der Waals surface area contributed by atoms with Gasteiger partial charge in [0.05, 0.1) is 11.4 Å². The van der Waals surface area contributed by atoms with Crippen LogP contribution in [0, 0.1) is 0 Å². The van der Waals surface area contributed by atoms with E-state index < -0.39 is 0 Å². The van der Waals surface area contributed by atoms with Gasteiger partial charge in [0.25, 0.3) is 0 Å². The molecule has 1 nitrogen and oxygen atoms in total. The summed E-state index contributed by atoms with van der Waals surface area (Å²) < 4.78 is 2.30. The van der Waals surface area contributed by atoms with Gasteiger partial charge in [-0.25, -0.2) is 0 Å². The van der Waals surface area contributed by atoms with Crippen molar-refractivity contribution < 1.29 is 0 Å². The van der Waals surface area contributed by atoms with Crippen molar-refractivity contribution in [2.75, 3.05) is 10.6 Å². The molecule has 148 valence electrons. The fourth-order valence-electron chi connectivity index (χ4n) is 4.59. The zero-order valence-corrected chi connectivity index (χ0v) is 18.4. The molecule has 0 radical (unpaired) electrons. The van der Waals surface area contributed by atoms with Crippen LogP contribution < -0.4 is 4.31 Å². The van der Waals surface area contributed by atoms with Gasteiger partial charge in [0, 0.05) is 11.7 Å². The van der Waals surface area contributed by atoms with Gasteiger partial charge in [0.2, 0.25) is 0 Å². The lowest BCUT2D eigenvalue weighted by Crippen LogP contribution is -2.16. The van der Waals surface area contributed by atoms with E-state index in [1.54, 1.807) is 11.9 Å². The normalized spacial score (nSPS) is 13.6. The van der Waals surface area contributed by atoms with Crippen molar-refractivity contribution in [3.8, 4) is 22.3 Å². The van der Waals surface area contributed by atoms with Crippen LogP contribution in [0.4, 0.5) is 11.4 Å². The maximum Gasteiger partial charge on any atom is 0.0528 e. The molecule has 0 heterocycles. The summed E-state index contributed by atoms with van der Waals surface area (Å²) in [6.45, 7) is 4.70. The fourth-order valence-corrected chi connectivity index (χ4v) is 5.24. The van der Waals surface area contributed by atoms with E-state index in [0.29, 0.717) is 0 Å². The molecule has 0 spiro atoms. The van der Waals surface area contributed by atoms with Gasteiger partial charge in [-0.3, -0.25) is 4.31 Å². The quantitative estimate of drug-likeness (QED) is 0.315. The summed E-state index contributed by atoms with van der Waals surface area (Å²) in [5.41, 5.74) is 10.5. The average molecular weight is 408 g/mol. The molecule has 0 N–H and O–H groups in total. The van der Waals surface area contributed by atoms with E-state index in [0.717, 1.165) is 0 Å². The monoisotopic (exact) mass is 407 g/mol. The SMILES string of the molecule is CSN(c1ccccc1)c1ccc2c(c1)C(C)(C)c1cc(-c3ccccc3)ccc1-2. The number of anilines is 2. The van der Waals surface area contributed by atoms with E-state index in [-0.39, 0.29) is 5.41 Å². The molecule has 1 aliphatic rings. The third kappa shape index (κ3) is 3.03. The Morgan fingerprint density at radius 2 is 1.20 bits per heavy atom. The fraction of sp³-hybridized carbons (Fsp3) is 0.143. The second-order valence-electron chi connectivity index (χ2n) is 8.29. The summed E-state index contributed by atoms with van der Waals surface area (Å²) in [6.07, 6.45) is 2.13. The van der Waals surface area contributed by atoms with Crippen molar-refractivity contribution in [1.82, 2.24) is 0 Å². The van der Waals surface area contributed by atoms with Crippen molar-refractivity contribution >= 4 is 23.3 Å². The van der Waals surface area contributed by atoms with Crippen LogP contribution in [-0.4, -0.2) is 6.26 Å². The second-order valence-corrected chi connectivity index (χ2v) is 9.02. The lowest BCUT2D eigenvalue weighted by Gasteiger charge is -2.26. The summed E-state index contributed by atoms with van der Waals surface area (Å²) >= 11 is 1.74. The maximum absolute atomic E-state index is 2.38. The molecule has 5 rings (SSSR count). The van der Waals surface area contributed by atoms with Gasteiger partial charge in [0.1, 0.15) is 0 Å². The molecule has 1 aliphatic carbocycles. The molecule has 4 aromatic rings. The number of nitrogens with zero attached hydrogens (tertiary/aromatic N) is 1. The molecule has 0 bridgehead atoms. The topological polar surface area (TPSA) is 3.24 Å². The number of hydrogen-bond donors (Lipinski definition) is 0. The summed E-state index contributed by atoms with van der Waals surface area (Å²) in [4.78, 5) is 0. The van der Waals surface area contributed by atoms with Crippen molar-refractivity contribution in [3.05, 3.63) is 108 Å². The van der Waals surface area contributed by atoms with Crippen molar-refractivity contribution in [2.24, 2.45) is 0 Å². The predicted octanol–water partition coefficient (Wildman–Crippen LogP) is 8.08. The first-order chi connectivity index (χ1) is 14.6. The van der Waals surface area contributed by atoms with Crippen molar-refractivity contribution in [1.29, 1.82) is 0 Å². The summed E-state index contributed by atoms with van der Waals surface area (Å²) in [7, 11) is 0. The minimum absolute atomic E-state index is 0.0355. The number of fused-ring (bicyclic) bond motifs is 3. The standard InChI is InChI=1S/C28H25NS/c1-28(2)26-18-21(20-10-6-4-7-11-20)14-16-24(26)25-17-15-23(19-27(25)28)29(30-3)22-12-8-5-9-13-22/h4-19H,1-3H3. The van der Waals surface area contributed by atoms with Crippen LogP contribution >= 0.6 is 11.9 Å². The molecule has 0 aliphatic heterocycles. The van der Waals surface area contributed by atoms with Gasteiger partial charge >= 0.3 is 0 Å². The highest BCUT2D eigenvalue weighted by Crippen LogP contribution is 2.51. The molecule has 0 fully saturated rings. The highest BCUT2D eigenvalue weighted by Gasteiger charge is 2.36. The molecule has 0 saturated carbocycles. The first-order valence-corrected chi connectivity index (χ1v) is 11.5. The molecule has 0 aromatic heterocycles. The largest absolute Gasteiger partial charge is 0.285 e. The van der Waals surface area contributed by atoms with Crippen molar-refractivity contribution in [3.63, 3.8) is 0 Å². The average Bonchev–Trinajstić information content (AvgIpc) is 3.02. The van der Waals surface area contributed by atoms with Crippen LogP contribution in [0.5, 0.6) is 0 Å². The van der Waals surface area contributed by atoms with Crippen LogP contribution in [0.25, 0.3) is 22.3 Å². The number of benzene rings is 4. The van der Waals surface area contributed by atoms with Gasteiger partial charge in [-0.05, 0) is 75.7 Å². The molecule has 2 heteroatoms. The molecule has 0 atom stereocenters. The third-order valence-corrected chi connectivity index (χ3v) is 6.96. The van der Waals surface area contributed by atoms with Crippen LogP contribution in [0.3, 0.4) is 0 Å². The van der Waals surface area contributed by atoms with Crippen LogP contribution in [0.15, 0.2) is 97.1 Å². The Kier molecular flexibility index (Phi) is 4.67. The molecular weight excluding hydrogens is 382 g/mol. The van der Waals surface area contributed by atoms with Crippen LogP contribution in [0.2, 0.25) is 0 Å². The Hall–Kier alpha value is -2.97. The van der Waals surface area contributed by atoms with Gasteiger partial charge in [0.15, 0.2) is 0 Å². The Balaban J connectivity index is 1.60. The summed E-state index contributed by atoms with van der Waals surface area (Å²) in [6, 6.07) is 35.1. The van der Waals surface area contributed by atoms with E-state index in [1.807, 2.05) is 0 Å². The van der Waals surface area contributed by atoms with Crippen molar-refractivity contribution in [2.45, 2.75) is 19.3 Å². The van der Waals surface area contributed by atoms with E-state index >= 15 is 0 Å². The minimum atomic E-state index is -0.0355. The zero-order valence-electron chi connectivity index (χ0n) is 17.6. The molecule has 4 aromatic carbocycles. The van der Waals surface area contributed by atoms with E-state index in [2.05, 4.69) is 121 Å². The van der Waals surface area contributed by atoms with Crippen LogP contribution in [-0.2, 0) is 5.41 Å². The minimum Gasteiger partial charge on any atom is -0.285 e. The van der Waals surface area contributed by atoms with Gasteiger partial charge in [-0.2, -0.15) is 0 Å². The highest BCUT2D eigenvalue weighted by atomic mass is 32.2. The van der Waals surface area contributed by atoms with Gasteiger partial charge < -0.3 is 0 Å². The Morgan fingerprint density at radius 3 is 1.87 bits per heavy atom.